The first-order valence-electron chi connectivity index (χ1n) is 11.1. The minimum absolute atomic E-state index is 0.00494. The van der Waals surface area contributed by atoms with E-state index in [4.69, 9.17) is 9.47 Å². The van der Waals surface area contributed by atoms with Crippen LogP contribution in [0.4, 0.5) is 0 Å². The van der Waals surface area contributed by atoms with E-state index >= 15 is 0 Å². The molecule has 0 radical (unpaired) electrons. The van der Waals surface area contributed by atoms with Gasteiger partial charge in [0.1, 0.15) is 11.5 Å². The van der Waals surface area contributed by atoms with E-state index in [1.165, 1.54) is 4.90 Å². The van der Waals surface area contributed by atoms with Crippen molar-refractivity contribution in [1.82, 2.24) is 9.88 Å². The summed E-state index contributed by atoms with van der Waals surface area (Å²) in [6.45, 7) is 6.67. The number of H-pyrrole nitrogens is 1. The van der Waals surface area contributed by atoms with Crippen molar-refractivity contribution in [2.45, 2.75) is 32.9 Å². The van der Waals surface area contributed by atoms with Gasteiger partial charge in [-0.15, -0.1) is 0 Å². The number of rotatable bonds is 8. The van der Waals surface area contributed by atoms with E-state index in [0.717, 1.165) is 16.5 Å². The summed E-state index contributed by atoms with van der Waals surface area (Å²) in [6.07, 6.45) is 1.79. The molecule has 7 nitrogen and oxygen atoms in total. The zero-order valence-electron chi connectivity index (χ0n) is 19.0. The van der Waals surface area contributed by atoms with Crippen LogP contribution in [-0.2, 0) is 14.3 Å². The molecule has 3 aromatic rings. The first-order chi connectivity index (χ1) is 15.9. The van der Waals surface area contributed by atoms with Crippen molar-refractivity contribution in [2.24, 2.45) is 0 Å². The maximum Gasteiger partial charge on any atom is 0.295 e. The number of nitrogens with zero attached hydrogens (tertiary/aromatic N) is 1. The Morgan fingerprint density at radius 1 is 1.15 bits per heavy atom. The van der Waals surface area contributed by atoms with Crippen molar-refractivity contribution < 1.29 is 24.2 Å². The van der Waals surface area contributed by atoms with Gasteiger partial charge in [0.2, 0.25) is 0 Å². The minimum Gasteiger partial charge on any atom is -0.507 e. The average molecular weight is 449 g/mol. The highest BCUT2D eigenvalue weighted by atomic mass is 16.5. The van der Waals surface area contributed by atoms with Gasteiger partial charge in [0.05, 0.1) is 30.9 Å². The molecule has 0 saturated carbocycles. The molecule has 4 rings (SSSR count). The van der Waals surface area contributed by atoms with Gasteiger partial charge >= 0.3 is 0 Å². The fraction of sp³-hybridized carbons (Fsp3) is 0.308. The molecule has 1 fully saturated rings. The lowest BCUT2D eigenvalue weighted by molar-refractivity contribution is -0.140. The van der Waals surface area contributed by atoms with Crippen LogP contribution < -0.4 is 4.74 Å². The number of hydrogen-bond acceptors (Lipinski definition) is 5. The summed E-state index contributed by atoms with van der Waals surface area (Å²) >= 11 is 0. The number of aromatic amines is 1. The Balaban J connectivity index is 1.85. The van der Waals surface area contributed by atoms with Gasteiger partial charge in [-0.1, -0.05) is 30.3 Å². The van der Waals surface area contributed by atoms with Gasteiger partial charge in [0.15, 0.2) is 0 Å². The molecule has 1 atom stereocenters. The Labute approximate surface area is 192 Å². The molecule has 172 valence electrons. The van der Waals surface area contributed by atoms with Crippen molar-refractivity contribution in [3.63, 3.8) is 0 Å². The topological polar surface area (TPSA) is 91.9 Å². The number of para-hydroxylation sites is 1. The lowest BCUT2D eigenvalue weighted by Gasteiger charge is -2.25. The van der Waals surface area contributed by atoms with Gasteiger partial charge < -0.3 is 24.5 Å². The fourth-order valence-electron chi connectivity index (χ4n) is 4.20. The third kappa shape index (κ3) is 4.36. The van der Waals surface area contributed by atoms with Crippen molar-refractivity contribution in [3.05, 3.63) is 71.4 Å². The number of benzene rings is 2. The Bertz CT molecular complexity index is 1210. The lowest BCUT2D eigenvalue weighted by Crippen LogP contribution is -2.33. The standard InChI is InChI=1S/C26H28N2O5/c1-4-32-18-9-7-8-17(14-18)24(29)22-23(20-15-27-21-11-6-5-10-19(20)21)28(26(31)25(22)30)12-13-33-16(2)3/h5-11,14-16,23,27,29H,4,12-13H2,1-3H3/b24-22+. The van der Waals surface area contributed by atoms with Gasteiger partial charge in [0.25, 0.3) is 11.7 Å². The third-order valence-corrected chi connectivity index (χ3v) is 5.66. The van der Waals surface area contributed by atoms with Crippen LogP contribution in [0.25, 0.3) is 16.7 Å². The molecule has 0 aliphatic carbocycles. The lowest BCUT2D eigenvalue weighted by atomic mass is 9.95. The van der Waals surface area contributed by atoms with E-state index in [1.54, 1.807) is 30.5 Å². The first-order valence-corrected chi connectivity index (χ1v) is 11.1. The van der Waals surface area contributed by atoms with Crippen molar-refractivity contribution in [1.29, 1.82) is 0 Å². The van der Waals surface area contributed by atoms with E-state index in [9.17, 15) is 14.7 Å². The minimum atomic E-state index is -0.743. The molecule has 1 aromatic heterocycles. The quantitative estimate of drug-likeness (QED) is 0.303. The van der Waals surface area contributed by atoms with Gasteiger partial charge in [-0.05, 0) is 39.0 Å². The molecule has 2 heterocycles. The molecule has 2 N–H and O–H groups in total. The average Bonchev–Trinajstić information content (AvgIpc) is 3.33. The maximum absolute atomic E-state index is 13.2. The predicted molar refractivity (Wildman–Crippen MR) is 126 cm³/mol. The Morgan fingerprint density at radius 2 is 1.94 bits per heavy atom. The number of Topliss-reactive ketones (excluding diaryl/α,β-unsaturated/α-hetero) is 1. The second-order valence-electron chi connectivity index (χ2n) is 8.16. The normalized spacial score (nSPS) is 17.9. The van der Waals surface area contributed by atoms with E-state index < -0.39 is 17.7 Å². The second kappa shape index (κ2) is 9.50. The maximum atomic E-state index is 13.2. The largest absolute Gasteiger partial charge is 0.507 e. The highest BCUT2D eigenvalue weighted by Crippen LogP contribution is 2.42. The van der Waals surface area contributed by atoms with Crippen LogP contribution in [-0.4, -0.2) is 52.5 Å². The van der Waals surface area contributed by atoms with Crippen LogP contribution in [0.5, 0.6) is 5.75 Å². The number of likely N-dealkylation sites (tertiary alicyclic amines) is 1. The molecule has 33 heavy (non-hydrogen) atoms. The van der Waals surface area contributed by atoms with E-state index in [1.807, 2.05) is 45.0 Å². The molecule has 7 heteroatoms. The number of carbonyl (C=O) groups is 2. The van der Waals surface area contributed by atoms with Gasteiger partial charge in [-0.2, -0.15) is 0 Å². The molecule has 0 bridgehead atoms. The SMILES string of the molecule is CCOc1cccc(/C(O)=C2\C(=O)C(=O)N(CCOC(C)C)C2c2c[nH]c3ccccc23)c1. The number of hydrogen-bond donors (Lipinski definition) is 2. The zero-order chi connectivity index (χ0) is 23.5. The number of ether oxygens (including phenoxy) is 2. The number of carbonyl (C=O) groups excluding carboxylic acids is 2. The van der Waals surface area contributed by atoms with Crippen molar-refractivity contribution in [3.8, 4) is 5.75 Å². The summed E-state index contributed by atoms with van der Waals surface area (Å²) in [5.41, 5.74) is 2.11. The summed E-state index contributed by atoms with van der Waals surface area (Å²) in [5, 5.41) is 12.1. The summed E-state index contributed by atoms with van der Waals surface area (Å²) in [6, 6.07) is 13.8. The Morgan fingerprint density at radius 3 is 2.70 bits per heavy atom. The van der Waals surface area contributed by atoms with Crippen LogP contribution in [0.15, 0.2) is 60.3 Å². The van der Waals surface area contributed by atoms with E-state index in [0.29, 0.717) is 17.9 Å². The van der Waals surface area contributed by atoms with Gasteiger partial charge in [0, 0.05) is 34.8 Å². The number of aromatic nitrogens is 1. The number of aliphatic hydroxyl groups excluding tert-OH is 1. The molecule has 1 saturated heterocycles. The highest BCUT2D eigenvalue weighted by molar-refractivity contribution is 6.46. The van der Waals surface area contributed by atoms with Crippen LogP contribution in [0.2, 0.25) is 0 Å². The summed E-state index contributed by atoms with van der Waals surface area (Å²) in [4.78, 5) is 31.0. The van der Waals surface area contributed by atoms with Crippen LogP contribution >= 0.6 is 0 Å². The van der Waals surface area contributed by atoms with Gasteiger partial charge in [-0.25, -0.2) is 0 Å². The molecular formula is C26H28N2O5. The molecule has 1 aliphatic rings. The van der Waals surface area contributed by atoms with Crippen LogP contribution in [0.3, 0.4) is 0 Å². The Hall–Kier alpha value is -3.58. The number of aliphatic hydroxyl groups is 1. The number of ketones is 1. The van der Waals surface area contributed by atoms with E-state index in [-0.39, 0.29) is 30.6 Å². The number of amides is 1. The number of nitrogens with one attached hydrogen (secondary N) is 1. The van der Waals surface area contributed by atoms with Crippen LogP contribution in [0, 0.1) is 0 Å². The smallest absolute Gasteiger partial charge is 0.295 e. The summed E-state index contributed by atoms with van der Waals surface area (Å²) in [5.74, 6) is -1.02. The molecule has 1 aliphatic heterocycles. The second-order valence-corrected chi connectivity index (χ2v) is 8.16. The number of fused-ring (bicyclic) bond motifs is 1. The molecular weight excluding hydrogens is 420 g/mol. The van der Waals surface area contributed by atoms with Crippen molar-refractivity contribution >= 4 is 28.4 Å². The third-order valence-electron chi connectivity index (χ3n) is 5.66. The Kier molecular flexibility index (Phi) is 6.51. The fourth-order valence-corrected chi connectivity index (χ4v) is 4.20. The predicted octanol–water partition coefficient (Wildman–Crippen LogP) is 4.41. The highest BCUT2D eigenvalue weighted by Gasteiger charge is 2.46. The summed E-state index contributed by atoms with van der Waals surface area (Å²) in [7, 11) is 0. The monoisotopic (exact) mass is 448 g/mol. The van der Waals surface area contributed by atoms with E-state index in [2.05, 4.69) is 4.98 Å². The molecule has 1 unspecified atom stereocenters. The van der Waals surface area contributed by atoms with Gasteiger partial charge in [-0.3, -0.25) is 9.59 Å². The molecule has 2 aromatic carbocycles. The molecule has 0 spiro atoms. The van der Waals surface area contributed by atoms with Crippen LogP contribution in [0.1, 0.15) is 37.9 Å². The summed E-state index contributed by atoms with van der Waals surface area (Å²) < 4.78 is 11.2. The molecule has 1 amide bonds. The first kappa shape index (κ1) is 22.6. The zero-order valence-corrected chi connectivity index (χ0v) is 19.0. The van der Waals surface area contributed by atoms with Crippen molar-refractivity contribution in [2.75, 3.05) is 19.8 Å².